The van der Waals surface area contributed by atoms with E-state index in [0.717, 1.165) is 5.56 Å². The lowest BCUT2D eigenvalue weighted by Crippen LogP contribution is -2.48. The average molecular weight is 440 g/mol. The number of carbonyl (C=O) groups excluding carboxylic acids is 1. The van der Waals surface area contributed by atoms with Gasteiger partial charge >= 0.3 is 0 Å². The molecule has 2 unspecified atom stereocenters. The van der Waals surface area contributed by atoms with E-state index in [2.05, 4.69) is 6.07 Å². The summed E-state index contributed by atoms with van der Waals surface area (Å²) in [6.45, 7) is 2.36. The van der Waals surface area contributed by atoms with Gasteiger partial charge in [-0.15, -0.1) is 11.8 Å². The molecule has 2 aliphatic heterocycles. The Labute approximate surface area is 183 Å². The second-order valence-corrected chi connectivity index (χ2v) is 8.24. The maximum atomic E-state index is 13.4. The van der Waals surface area contributed by atoms with Crippen molar-refractivity contribution in [1.82, 2.24) is 4.90 Å². The van der Waals surface area contributed by atoms with Gasteiger partial charge in [0.25, 0.3) is 0 Å². The lowest BCUT2D eigenvalue weighted by molar-refractivity contribution is -0.149. The molecule has 0 saturated carbocycles. The summed E-state index contributed by atoms with van der Waals surface area (Å²) in [4.78, 5) is 14.5. The highest BCUT2D eigenvalue weighted by Gasteiger charge is 2.51. The molecule has 2 aromatic carbocycles. The second-order valence-electron chi connectivity index (χ2n) is 7.27. The molecule has 2 heterocycles. The topological polar surface area (TPSA) is 82.8 Å². The number of ether oxygens (including phenoxy) is 2. The Morgan fingerprint density at radius 1 is 1.29 bits per heavy atom. The summed E-state index contributed by atoms with van der Waals surface area (Å²) >= 11 is 1.25. The Balaban J connectivity index is 1.76. The van der Waals surface area contributed by atoms with Crippen LogP contribution in [0.4, 0.5) is 4.39 Å². The first-order valence-corrected chi connectivity index (χ1v) is 10.8. The molecule has 2 atom stereocenters. The van der Waals surface area contributed by atoms with Crippen LogP contribution in [0.15, 0.2) is 53.1 Å². The number of benzene rings is 2. The number of thioether (sulfide) groups is 1. The van der Waals surface area contributed by atoms with E-state index in [1.54, 1.807) is 12.1 Å². The molecule has 2 aromatic rings. The summed E-state index contributed by atoms with van der Waals surface area (Å²) in [7, 11) is 1.54. The Bertz CT molecular complexity index is 1100. The number of aliphatic hydroxyl groups is 1. The zero-order valence-electron chi connectivity index (χ0n) is 17.1. The van der Waals surface area contributed by atoms with Gasteiger partial charge in [-0.05, 0) is 36.8 Å². The molecule has 1 fully saturated rings. The van der Waals surface area contributed by atoms with Gasteiger partial charge in [0.1, 0.15) is 5.82 Å². The van der Waals surface area contributed by atoms with E-state index in [-0.39, 0.29) is 18.1 Å². The van der Waals surface area contributed by atoms with Crippen LogP contribution in [-0.4, -0.2) is 35.4 Å². The Hall–Kier alpha value is -3.02. The average Bonchev–Trinajstić information content (AvgIpc) is 3.13. The summed E-state index contributed by atoms with van der Waals surface area (Å²) in [6.07, 6.45) is 0.0214. The molecule has 1 N–H and O–H groups in total. The van der Waals surface area contributed by atoms with Gasteiger partial charge in [-0.1, -0.05) is 18.2 Å². The van der Waals surface area contributed by atoms with Crippen molar-refractivity contribution in [3.8, 4) is 17.6 Å². The predicted molar refractivity (Wildman–Crippen MR) is 114 cm³/mol. The molecule has 160 valence electrons. The van der Waals surface area contributed by atoms with Gasteiger partial charge in [-0.3, -0.25) is 9.69 Å². The van der Waals surface area contributed by atoms with Crippen LogP contribution in [-0.2, 0) is 10.5 Å². The Morgan fingerprint density at radius 2 is 2.03 bits per heavy atom. The number of rotatable bonds is 5. The highest BCUT2D eigenvalue weighted by atomic mass is 32.2. The van der Waals surface area contributed by atoms with Gasteiger partial charge in [0, 0.05) is 17.9 Å². The fraction of sp³-hybridized carbons (Fsp3) is 0.304. The summed E-state index contributed by atoms with van der Waals surface area (Å²) < 4.78 is 24.3. The van der Waals surface area contributed by atoms with E-state index >= 15 is 0 Å². The number of hydrogen-bond acceptors (Lipinski definition) is 6. The van der Waals surface area contributed by atoms with Gasteiger partial charge in [-0.25, -0.2) is 4.39 Å². The normalized spacial score (nSPS) is 22.9. The molecular formula is C23H21FN2O4S. The minimum atomic E-state index is -1.63. The number of hydrogen-bond donors (Lipinski definition) is 1. The summed E-state index contributed by atoms with van der Waals surface area (Å²) in [5.41, 5.74) is -0.0544. The minimum absolute atomic E-state index is 0.0214. The van der Waals surface area contributed by atoms with Crippen molar-refractivity contribution in [3.63, 3.8) is 0 Å². The lowest BCUT2D eigenvalue weighted by Gasteiger charge is -2.38. The van der Waals surface area contributed by atoms with Gasteiger partial charge in [0.15, 0.2) is 17.2 Å². The van der Waals surface area contributed by atoms with Gasteiger partial charge in [-0.2, -0.15) is 5.26 Å². The van der Waals surface area contributed by atoms with Crippen LogP contribution in [0.25, 0.3) is 0 Å². The highest BCUT2D eigenvalue weighted by Crippen LogP contribution is 2.52. The molecule has 0 spiro atoms. The third kappa shape index (κ3) is 3.54. The zero-order chi connectivity index (χ0) is 22.2. The molecule has 31 heavy (non-hydrogen) atoms. The number of methoxy groups -OCH3 is 1. The third-order valence-corrected chi connectivity index (χ3v) is 6.73. The van der Waals surface area contributed by atoms with Crippen LogP contribution in [0.3, 0.4) is 0 Å². The van der Waals surface area contributed by atoms with Crippen molar-refractivity contribution in [2.24, 2.45) is 0 Å². The number of halogens is 1. The Kier molecular flexibility index (Phi) is 5.65. The molecule has 0 aliphatic carbocycles. The Morgan fingerprint density at radius 3 is 2.68 bits per heavy atom. The smallest absolute Gasteiger partial charge is 0.231 e. The van der Waals surface area contributed by atoms with Crippen molar-refractivity contribution in [3.05, 3.63) is 70.0 Å². The number of carbonyl (C=O) groups is 1. The first-order valence-electron chi connectivity index (χ1n) is 9.82. The fourth-order valence-electron chi connectivity index (χ4n) is 4.02. The molecule has 4 rings (SSSR count). The van der Waals surface area contributed by atoms with Crippen molar-refractivity contribution >= 4 is 17.7 Å². The third-order valence-electron chi connectivity index (χ3n) is 5.51. The second kappa shape index (κ2) is 8.25. The van der Waals surface area contributed by atoms with Gasteiger partial charge in [0.05, 0.1) is 36.1 Å². The lowest BCUT2D eigenvalue weighted by atomic mass is 9.85. The monoisotopic (exact) mass is 440 g/mol. The van der Waals surface area contributed by atoms with Gasteiger partial charge < -0.3 is 14.6 Å². The van der Waals surface area contributed by atoms with Crippen molar-refractivity contribution < 1.29 is 23.8 Å². The van der Waals surface area contributed by atoms with Gasteiger partial charge in [0.2, 0.25) is 5.91 Å². The van der Waals surface area contributed by atoms with Crippen LogP contribution in [0.1, 0.15) is 30.4 Å². The standard InChI is InChI=1S/C23H21FN2O4S/c1-3-30-19-9-4-14(10-20(19)29-2)17-11-21(27)26-22(18(17)12-25)31-13-23(26,28)15-5-7-16(24)8-6-15/h4-10,17,28H,3,11,13H2,1-2H3. The summed E-state index contributed by atoms with van der Waals surface area (Å²) in [5, 5.41) is 21.7. The highest BCUT2D eigenvalue weighted by molar-refractivity contribution is 8.03. The minimum Gasteiger partial charge on any atom is -0.493 e. The van der Waals surface area contributed by atoms with E-state index in [1.807, 2.05) is 13.0 Å². The van der Waals surface area contributed by atoms with E-state index in [1.165, 1.54) is 48.0 Å². The van der Waals surface area contributed by atoms with Crippen molar-refractivity contribution in [2.45, 2.75) is 25.0 Å². The van der Waals surface area contributed by atoms with Crippen LogP contribution in [0.2, 0.25) is 0 Å². The maximum Gasteiger partial charge on any atom is 0.231 e. The van der Waals surface area contributed by atoms with Crippen LogP contribution < -0.4 is 9.47 Å². The molecular weight excluding hydrogens is 419 g/mol. The van der Waals surface area contributed by atoms with E-state index in [0.29, 0.717) is 34.3 Å². The molecule has 1 amide bonds. The van der Waals surface area contributed by atoms with Crippen molar-refractivity contribution in [1.29, 1.82) is 5.26 Å². The fourth-order valence-corrected chi connectivity index (χ4v) is 5.38. The van der Waals surface area contributed by atoms with E-state index in [9.17, 15) is 19.6 Å². The molecule has 1 saturated heterocycles. The quantitative estimate of drug-likeness (QED) is 0.760. The largest absolute Gasteiger partial charge is 0.493 e. The van der Waals surface area contributed by atoms with E-state index in [4.69, 9.17) is 9.47 Å². The first-order chi connectivity index (χ1) is 14.9. The zero-order valence-corrected chi connectivity index (χ0v) is 17.9. The summed E-state index contributed by atoms with van der Waals surface area (Å²) in [6, 6.07) is 13.0. The van der Waals surface area contributed by atoms with Crippen LogP contribution >= 0.6 is 11.8 Å². The maximum absolute atomic E-state index is 13.4. The van der Waals surface area contributed by atoms with E-state index < -0.39 is 17.5 Å². The molecule has 6 nitrogen and oxygen atoms in total. The number of nitriles is 1. The van der Waals surface area contributed by atoms with Crippen molar-refractivity contribution in [2.75, 3.05) is 19.5 Å². The first kappa shape index (κ1) is 21.2. The SMILES string of the molecule is CCOc1ccc(C2CC(=O)N3C(=C2C#N)SCC3(O)c2ccc(F)cc2)cc1OC. The number of amides is 1. The summed E-state index contributed by atoms with van der Waals surface area (Å²) in [5.74, 6) is 0.0774. The predicted octanol–water partition coefficient (Wildman–Crippen LogP) is 3.88. The molecule has 0 aromatic heterocycles. The molecule has 0 bridgehead atoms. The number of fused-ring (bicyclic) bond motifs is 1. The number of nitrogens with zero attached hydrogens (tertiary/aromatic N) is 2. The number of allylic oxidation sites excluding steroid dienone is 1. The molecule has 2 aliphatic rings. The molecule has 8 heteroatoms. The van der Waals surface area contributed by atoms with Crippen LogP contribution in [0.5, 0.6) is 11.5 Å². The van der Waals surface area contributed by atoms with Crippen LogP contribution in [0, 0.1) is 17.1 Å². The molecule has 0 radical (unpaired) electrons.